The van der Waals surface area contributed by atoms with Crippen molar-refractivity contribution in [2.75, 3.05) is 20.1 Å². The summed E-state index contributed by atoms with van der Waals surface area (Å²) in [4.78, 5) is 2.39. The molecule has 2 rings (SSSR count). The molecule has 1 aliphatic carbocycles. The van der Waals surface area contributed by atoms with Gasteiger partial charge in [0, 0.05) is 13.1 Å². The number of hydrogen-bond acceptors (Lipinski definition) is 2. The fourth-order valence-corrected chi connectivity index (χ4v) is 3.18. The summed E-state index contributed by atoms with van der Waals surface area (Å²) in [6.07, 6.45) is 6.10. The predicted octanol–water partition coefficient (Wildman–Crippen LogP) is 3.54. The molecule has 0 saturated heterocycles. The topological polar surface area (TPSA) is 23.5 Å². The maximum absolute atomic E-state index is 10.3. The number of rotatable bonds is 6. The van der Waals surface area contributed by atoms with Gasteiger partial charge >= 0.3 is 0 Å². The van der Waals surface area contributed by atoms with Gasteiger partial charge in [-0.05, 0) is 50.3 Å². The molecule has 0 amide bonds. The van der Waals surface area contributed by atoms with Crippen molar-refractivity contribution in [2.45, 2.75) is 45.1 Å². The van der Waals surface area contributed by atoms with Crippen molar-refractivity contribution >= 4 is 0 Å². The Hall–Kier alpha value is -0.860. The fourth-order valence-electron chi connectivity index (χ4n) is 3.18. The first kappa shape index (κ1) is 14.5. The lowest BCUT2D eigenvalue weighted by molar-refractivity contribution is 0.144. The minimum absolute atomic E-state index is 0.327. The van der Waals surface area contributed by atoms with Gasteiger partial charge < -0.3 is 10.0 Å². The van der Waals surface area contributed by atoms with Crippen LogP contribution >= 0.6 is 0 Å². The molecule has 1 N–H and O–H groups in total. The van der Waals surface area contributed by atoms with E-state index in [1.807, 2.05) is 18.2 Å². The summed E-state index contributed by atoms with van der Waals surface area (Å²) >= 11 is 0. The van der Waals surface area contributed by atoms with Gasteiger partial charge in [-0.2, -0.15) is 0 Å². The Balaban J connectivity index is 1.76. The Morgan fingerprint density at radius 3 is 2.63 bits per heavy atom. The predicted molar refractivity (Wildman–Crippen MR) is 80.2 cm³/mol. The molecular formula is C17H27NO. The van der Waals surface area contributed by atoms with E-state index in [9.17, 15) is 5.11 Å². The van der Waals surface area contributed by atoms with Crippen molar-refractivity contribution in [1.82, 2.24) is 4.90 Å². The van der Waals surface area contributed by atoms with Crippen LogP contribution in [0.15, 0.2) is 24.3 Å². The van der Waals surface area contributed by atoms with E-state index in [0.29, 0.717) is 0 Å². The van der Waals surface area contributed by atoms with Crippen LogP contribution < -0.4 is 0 Å². The first-order chi connectivity index (χ1) is 9.16. The van der Waals surface area contributed by atoms with Crippen LogP contribution in [0.3, 0.4) is 0 Å². The van der Waals surface area contributed by atoms with Crippen LogP contribution in [0.4, 0.5) is 0 Å². The molecule has 1 aliphatic rings. The third kappa shape index (κ3) is 4.32. The smallest absolute Gasteiger partial charge is 0.0804 e. The second-order valence-electron chi connectivity index (χ2n) is 6.07. The highest BCUT2D eigenvalue weighted by Gasteiger charge is 2.17. The van der Waals surface area contributed by atoms with E-state index < -0.39 is 0 Å². The van der Waals surface area contributed by atoms with Crippen LogP contribution in [0.25, 0.3) is 0 Å². The zero-order valence-electron chi connectivity index (χ0n) is 12.3. The summed E-state index contributed by atoms with van der Waals surface area (Å²) in [5.41, 5.74) is 2.27. The summed E-state index contributed by atoms with van der Waals surface area (Å²) in [5.74, 6) is 0.889. The van der Waals surface area contributed by atoms with E-state index in [0.717, 1.165) is 24.4 Å². The molecule has 1 aromatic carbocycles. The second kappa shape index (κ2) is 7.06. The molecular weight excluding hydrogens is 234 g/mol. The van der Waals surface area contributed by atoms with Crippen LogP contribution in [0.1, 0.15) is 49.3 Å². The Morgan fingerprint density at radius 2 is 1.95 bits per heavy atom. The van der Waals surface area contributed by atoms with E-state index in [1.165, 1.54) is 37.8 Å². The largest absolute Gasteiger partial charge is 0.388 e. The number of benzene rings is 1. The van der Waals surface area contributed by atoms with Crippen LogP contribution in [-0.4, -0.2) is 30.1 Å². The standard InChI is InChI=1S/C17H27NO/c1-14-7-3-6-10-16(14)17(19)11-12-18(2)13-15-8-4-5-9-15/h3,6-7,10,15,17,19H,4-5,8-9,11-13H2,1-2H3. The van der Waals surface area contributed by atoms with Crippen molar-refractivity contribution < 1.29 is 5.11 Å². The lowest BCUT2D eigenvalue weighted by Crippen LogP contribution is -2.26. The SMILES string of the molecule is Cc1ccccc1C(O)CCN(C)CC1CCCC1. The van der Waals surface area contributed by atoms with E-state index >= 15 is 0 Å². The summed E-state index contributed by atoms with van der Waals surface area (Å²) in [6.45, 7) is 4.24. The van der Waals surface area contributed by atoms with Crippen LogP contribution in [0, 0.1) is 12.8 Å². The molecule has 19 heavy (non-hydrogen) atoms. The number of nitrogens with zero attached hydrogens (tertiary/aromatic N) is 1. The molecule has 0 aromatic heterocycles. The van der Waals surface area contributed by atoms with Crippen LogP contribution in [0.2, 0.25) is 0 Å². The lowest BCUT2D eigenvalue weighted by atomic mass is 10.0. The third-order valence-electron chi connectivity index (χ3n) is 4.38. The molecule has 2 nitrogen and oxygen atoms in total. The van der Waals surface area contributed by atoms with Gasteiger partial charge in [0.05, 0.1) is 6.10 Å². The third-order valence-corrected chi connectivity index (χ3v) is 4.38. The molecule has 2 heteroatoms. The highest BCUT2D eigenvalue weighted by Crippen LogP contribution is 2.26. The van der Waals surface area contributed by atoms with Gasteiger partial charge in [-0.15, -0.1) is 0 Å². The molecule has 0 bridgehead atoms. The first-order valence-corrected chi connectivity index (χ1v) is 7.59. The molecule has 0 radical (unpaired) electrons. The van der Waals surface area contributed by atoms with Gasteiger partial charge in [-0.1, -0.05) is 37.1 Å². The Kier molecular flexibility index (Phi) is 5.41. The first-order valence-electron chi connectivity index (χ1n) is 7.59. The van der Waals surface area contributed by atoms with Gasteiger partial charge in [-0.3, -0.25) is 0 Å². The maximum atomic E-state index is 10.3. The van der Waals surface area contributed by atoms with Crippen LogP contribution in [0.5, 0.6) is 0 Å². The van der Waals surface area contributed by atoms with E-state index in [-0.39, 0.29) is 6.10 Å². The summed E-state index contributed by atoms with van der Waals surface area (Å²) in [7, 11) is 2.18. The highest BCUT2D eigenvalue weighted by molar-refractivity contribution is 5.27. The average molecular weight is 261 g/mol. The van der Waals surface area contributed by atoms with Crippen molar-refractivity contribution in [3.8, 4) is 0 Å². The summed E-state index contributed by atoms with van der Waals surface area (Å²) < 4.78 is 0. The zero-order valence-corrected chi connectivity index (χ0v) is 12.3. The van der Waals surface area contributed by atoms with Gasteiger partial charge in [0.2, 0.25) is 0 Å². The normalized spacial score (nSPS) is 18.1. The number of aliphatic hydroxyl groups excluding tert-OH is 1. The van der Waals surface area contributed by atoms with Gasteiger partial charge in [0.15, 0.2) is 0 Å². The molecule has 0 aliphatic heterocycles. The molecule has 1 saturated carbocycles. The minimum atomic E-state index is -0.327. The molecule has 1 atom stereocenters. The van der Waals surface area contributed by atoms with Gasteiger partial charge in [0.25, 0.3) is 0 Å². The van der Waals surface area contributed by atoms with E-state index in [2.05, 4.69) is 24.9 Å². The Bertz CT molecular complexity index is 385. The van der Waals surface area contributed by atoms with Crippen molar-refractivity contribution in [1.29, 1.82) is 0 Å². The highest BCUT2D eigenvalue weighted by atomic mass is 16.3. The monoisotopic (exact) mass is 261 g/mol. The molecule has 1 aromatic rings. The number of aryl methyl sites for hydroxylation is 1. The van der Waals surface area contributed by atoms with Crippen molar-refractivity contribution in [3.05, 3.63) is 35.4 Å². The van der Waals surface area contributed by atoms with Gasteiger partial charge in [-0.25, -0.2) is 0 Å². The maximum Gasteiger partial charge on any atom is 0.0804 e. The van der Waals surface area contributed by atoms with Crippen LogP contribution in [-0.2, 0) is 0 Å². The molecule has 106 valence electrons. The zero-order chi connectivity index (χ0) is 13.7. The van der Waals surface area contributed by atoms with Gasteiger partial charge in [0.1, 0.15) is 0 Å². The quantitative estimate of drug-likeness (QED) is 0.846. The molecule has 1 unspecified atom stereocenters. The molecule has 1 fully saturated rings. The Morgan fingerprint density at radius 1 is 1.26 bits per heavy atom. The Labute approximate surface area is 117 Å². The lowest BCUT2D eigenvalue weighted by Gasteiger charge is -2.22. The average Bonchev–Trinajstić information content (AvgIpc) is 2.89. The second-order valence-corrected chi connectivity index (χ2v) is 6.07. The van der Waals surface area contributed by atoms with Crippen molar-refractivity contribution in [3.63, 3.8) is 0 Å². The molecule has 0 heterocycles. The van der Waals surface area contributed by atoms with E-state index in [4.69, 9.17) is 0 Å². The minimum Gasteiger partial charge on any atom is -0.388 e. The molecule has 0 spiro atoms. The number of hydrogen-bond donors (Lipinski definition) is 1. The summed E-state index contributed by atoms with van der Waals surface area (Å²) in [6, 6.07) is 8.14. The summed E-state index contributed by atoms with van der Waals surface area (Å²) in [5, 5.41) is 10.3. The van der Waals surface area contributed by atoms with E-state index in [1.54, 1.807) is 0 Å². The van der Waals surface area contributed by atoms with Crippen molar-refractivity contribution in [2.24, 2.45) is 5.92 Å². The fraction of sp³-hybridized carbons (Fsp3) is 0.647. The number of aliphatic hydroxyl groups is 1.